The largest absolute Gasteiger partial charge is 0.497 e. The van der Waals surface area contributed by atoms with Gasteiger partial charge in [0.15, 0.2) is 9.84 Å². The van der Waals surface area contributed by atoms with Gasteiger partial charge in [-0.25, -0.2) is 8.42 Å². The second kappa shape index (κ2) is 7.94. The molecule has 0 saturated carbocycles. The van der Waals surface area contributed by atoms with Gasteiger partial charge in [-0.3, -0.25) is 4.57 Å². The molecule has 0 N–H and O–H groups in total. The number of methoxy groups -OCH3 is 1. The molecule has 0 spiro atoms. The van der Waals surface area contributed by atoms with Gasteiger partial charge in [0.2, 0.25) is 7.37 Å². The average Bonchev–Trinajstić information content (AvgIpc) is 2.45. The van der Waals surface area contributed by atoms with Crippen molar-refractivity contribution in [3.05, 3.63) is 24.3 Å². The van der Waals surface area contributed by atoms with Crippen LogP contribution in [0.3, 0.4) is 0 Å². The van der Waals surface area contributed by atoms with Crippen LogP contribution in [-0.2, 0) is 23.7 Å². The van der Waals surface area contributed by atoms with Gasteiger partial charge in [-0.05, 0) is 38.1 Å². The molecule has 1 aromatic rings. The first-order valence-corrected chi connectivity index (χ1v) is 10.2. The first-order valence-electron chi connectivity index (χ1n) is 6.54. The molecule has 21 heavy (non-hydrogen) atoms. The first kappa shape index (κ1) is 18.2. The molecular formula is C13H21O6PS. The Hall–Kier alpha value is -0.880. The topological polar surface area (TPSA) is 78.9 Å². The second-order valence-corrected chi connectivity index (χ2v) is 9.15. The third-order valence-electron chi connectivity index (χ3n) is 2.64. The van der Waals surface area contributed by atoms with Gasteiger partial charge in [0, 0.05) is 6.61 Å². The summed E-state index contributed by atoms with van der Waals surface area (Å²) in [6.45, 7) is 3.93. The molecule has 120 valence electrons. The van der Waals surface area contributed by atoms with Crippen LogP contribution >= 0.6 is 7.37 Å². The molecule has 0 saturated heterocycles. The minimum atomic E-state index is -3.72. The fourth-order valence-corrected chi connectivity index (χ4v) is 6.51. The fraction of sp³-hybridized carbons (Fsp3) is 0.538. The second-order valence-electron chi connectivity index (χ2n) is 4.27. The van der Waals surface area contributed by atoms with Gasteiger partial charge in [-0.15, -0.1) is 0 Å². The van der Waals surface area contributed by atoms with E-state index in [2.05, 4.69) is 0 Å². The van der Waals surface area contributed by atoms with Crippen LogP contribution in [0.15, 0.2) is 29.2 Å². The van der Waals surface area contributed by atoms with E-state index in [-0.39, 0.29) is 17.9 Å². The summed E-state index contributed by atoms with van der Waals surface area (Å²) >= 11 is 0. The summed E-state index contributed by atoms with van der Waals surface area (Å²) in [6, 6.07) is 5.93. The highest BCUT2D eigenvalue weighted by Crippen LogP contribution is 2.49. The molecule has 0 aromatic heterocycles. The number of sulfone groups is 1. The van der Waals surface area contributed by atoms with Gasteiger partial charge in [0.1, 0.15) is 17.6 Å². The van der Waals surface area contributed by atoms with Crippen LogP contribution in [0.25, 0.3) is 0 Å². The van der Waals surface area contributed by atoms with E-state index in [0.29, 0.717) is 12.4 Å². The molecule has 1 rings (SSSR count). The van der Waals surface area contributed by atoms with Crippen molar-refractivity contribution in [2.75, 3.05) is 32.2 Å². The molecule has 1 atom stereocenters. The Balaban J connectivity index is 2.96. The van der Waals surface area contributed by atoms with E-state index in [1.54, 1.807) is 26.0 Å². The Kier molecular flexibility index (Phi) is 6.87. The molecule has 0 bridgehead atoms. The predicted octanol–water partition coefficient (Wildman–Crippen LogP) is 2.74. The summed E-state index contributed by atoms with van der Waals surface area (Å²) in [6.07, 6.45) is -0.202. The van der Waals surface area contributed by atoms with Crippen molar-refractivity contribution in [1.29, 1.82) is 0 Å². The quantitative estimate of drug-likeness (QED) is 0.645. The van der Waals surface area contributed by atoms with Crippen LogP contribution in [0.1, 0.15) is 13.8 Å². The van der Waals surface area contributed by atoms with Crippen LogP contribution in [0, 0.1) is 0 Å². The van der Waals surface area contributed by atoms with Crippen molar-refractivity contribution in [3.8, 4) is 5.75 Å². The van der Waals surface area contributed by atoms with Crippen molar-refractivity contribution in [1.82, 2.24) is 0 Å². The average molecular weight is 336 g/mol. The Labute approximate surface area is 125 Å². The van der Waals surface area contributed by atoms with Crippen molar-refractivity contribution in [2.45, 2.75) is 18.7 Å². The zero-order valence-electron chi connectivity index (χ0n) is 12.4. The van der Waals surface area contributed by atoms with Gasteiger partial charge in [0.05, 0.1) is 18.6 Å². The zero-order valence-corrected chi connectivity index (χ0v) is 14.2. The molecule has 0 heterocycles. The molecule has 0 aliphatic rings. The molecule has 0 amide bonds. The molecule has 0 fully saturated rings. The maximum Gasteiger partial charge on any atom is 0.243 e. The zero-order chi connectivity index (χ0) is 15.9. The molecule has 8 heteroatoms. The van der Waals surface area contributed by atoms with Crippen molar-refractivity contribution in [3.63, 3.8) is 0 Å². The Bertz CT molecular complexity index is 581. The van der Waals surface area contributed by atoms with E-state index in [1.165, 1.54) is 19.2 Å². The van der Waals surface area contributed by atoms with Crippen molar-refractivity contribution >= 4 is 17.2 Å². The van der Waals surface area contributed by atoms with E-state index >= 15 is 0 Å². The highest BCUT2D eigenvalue weighted by molar-refractivity contribution is 7.98. The maximum atomic E-state index is 12.5. The summed E-state index contributed by atoms with van der Waals surface area (Å²) in [5, 5.41) is 0. The molecule has 1 unspecified atom stereocenters. The summed E-state index contributed by atoms with van der Waals surface area (Å²) in [5.41, 5.74) is -0.569. The molecular weight excluding hydrogens is 315 g/mol. The summed E-state index contributed by atoms with van der Waals surface area (Å²) in [5.74, 6) is 0.552. The van der Waals surface area contributed by atoms with E-state index in [0.717, 1.165) is 0 Å². The van der Waals surface area contributed by atoms with Gasteiger partial charge < -0.3 is 14.0 Å². The maximum absolute atomic E-state index is 12.5. The van der Waals surface area contributed by atoms with Gasteiger partial charge in [-0.2, -0.15) is 0 Å². The molecule has 0 radical (unpaired) electrons. The van der Waals surface area contributed by atoms with E-state index in [9.17, 15) is 13.0 Å². The third kappa shape index (κ3) is 5.43. The number of hydrogen-bond acceptors (Lipinski definition) is 6. The minimum absolute atomic E-state index is 0.0831. The van der Waals surface area contributed by atoms with Crippen LogP contribution in [0.5, 0.6) is 5.75 Å². The van der Waals surface area contributed by atoms with Crippen LogP contribution in [0.2, 0.25) is 0 Å². The Morgan fingerprint density at radius 1 is 1.10 bits per heavy atom. The van der Waals surface area contributed by atoms with Gasteiger partial charge in [-0.1, -0.05) is 0 Å². The number of ether oxygens (including phenoxy) is 2. The summed E-state index contributed by atoms with van der Waals surface area (Å²) in [7, 11) is -5.61. The van der Waals surface area contributed by atoms with Crippen molar-refractivity contribution in [2.24, 2.45) is 0 Å². The lowest BCUT2D eigenvalue weighted by Gasteiger charge is -2.17. The number of benzene rings is 1. The fourth-order valence-electron chi connectivity index (χ4n) is 1.69. The molecule has 6 nitrogen and oxygen atoms in total. The van der Waals surface area contributed by atoms with E-state index < -0.39 is 22.7 Å². The summed E-state index contributed by atoms with van der Waals surface area (Å²) in [4.78, 5) is 0.0831. The SMILES string of the molecule is CCOCP(=O)(CS(=O)(=O)c1ccc(OC)cc1)OCC. The molecule has 0 aliphatic heterocycles. The molecule has 1 aromatic carbocycles. The third-order valence-corrected chi connectivity index (χ3v) is 7.87. The Morgan fingerprint density at radius 3 is 2.19 bits per heavy atom. The first-order chi connectivity index (χ1) is 9.87. The molecule has 0 aliphatic carbocycles. The number of rotatable bonds is 9. The van der Waals surface area contributed by atoms with Crippen molar-refractivity contribution < 1.29 is 27.0 Å². The Morgan fingerprint density at radius 2 is 1.71 bits per heavy atom. The van der Waals surface area contributed by atoms with Crippen LogP contribution in [-0.4, -0.2) is 40.6 Å². The lowest BCUT2D eigenvalue weighted by Crippen LogP contribution is -2.12. The highest BCUT2D eigenvalue weighted by atomic mass is 32.2. The normalized spacial score (nSPS) is 14.6. The lowest BCUT2D eigenvalue weighted by molar-refractivity contribution is 0.176. The smallest absolute Gasteiger partial charge is 0.243 e. The van der Waals surface area contributed by atoms with Gasteiger partial charge >= 0.3 is 0 Å². The lowest BCUT2D eigenvalue weighted by atomic mass is 10.3. The van der Waals surface area contributed by atoms with Gasteiger partial charge in [0.25, 0.3) is 0 Å². The summed E-state index contributed by atoms with van der Waals surface area (Å²) < 4.78 is 52.4. The van der Waals surface area contributed by atoms with E-state index in [4.69, 9.17) is 14.0 Å². The van der Waals surface area contributed by atoms with E-state index in [1.807, 2.05) is 0 Å². The monoisotopic (exact) mass is 336 g/mol. The standard InChI is InChI=1S/C13H21O6PS/c1-4-18-10-20(14,19-5-2)11-21(15,16)13-8-6-12(17-3)7-9-13/h6-9H,4-5,10-11H2,1-3H3. The minimum Gasteiger partial charge on any atom is -0.497 e. The van der Waals surface area contributed by atoms with Crippen LogP contribution < -0.4 is 4.74 Å². The van der Waals surface area contributed by atoms with Crippen LogP contribution in [0.4, 0.5) is 0 Å². The predicted molar refractivity (Wildman–Crippen MR) is 80.8 cm³/mol. The number of hydrogen-bond donors (Lipinski definition) is 0. The highest BCUT2D eigenvalue weighted by Gasteiger charge is 2.31.